The number of carbonyl (C=O) groups excluding carboxylic acids is 1. The van der Waals surface area contributed by atoms with E-state index in [-0.39, 0.29) is 5.91 Å². The lowest BCUT2D eigenvalue weighted by Crippen LogP contribution is -2.26. The van der Waals surface area contributed by atoms with Crippen molar-refractivity contribution in [3.05, 3.63) is 47.5 Å². The van der Waals surface area contributed by atoms with Crippen LogP contribution in [0.3, 0.4) is 0 Å². The van der Waals surface area contributed by atoms with Crippen LogP contribution in [0.2, 0.25) is 0 Å². The Morgan fingerprint density at radius 1 is 1.36 bits per heavy atom. The summed E-state index contributed by atoms with van der Waals surface area (Å²) in [5, 5.41) is 2.95. The monoisotopic (exact) mass is 299 g/mol. The number of aromatic nitrogens is 2. The van der Waals surface area contributed by atoms with Crippen molar-refractivity contribution in [2.75, 3.05) is 13.7 Å². The van der Waals surface area contributed by atoms with E-state index in [1.807, 2.05) is 6.20 Å². The van der Waals surface area contributed by atoms with E-state index in [0.29, 0.717) is 18.2 Å². The van der Waals surface area contributed by atoms with Crippen molar-refractivity contribution in [1.29, 1.82) is 0 Å². The van der Waals surface area contributed by atoms with Gasteiger partial charge in [0.05, 0.1) is 7.11 Å². The summed E-state index contributed by atoms with van der Waals surface area (Å²) in [6.45, 7) is 2.68. The highest BCUT2D eigenvalue weighted by atomic mass is 16.5. The number of methoxy groups -OCH3 is 1. The maximum atomic E-state index is 12.1. The van der Waals surface area contributed by atoms with E-state index in [9.17, 15) is 4.79 Å². The van der Waals surface area contributed by atoms with Crippen molar-refractivity contribution in [3.8, 4) is 5.75 Å². The van der Waals surface area contributed by atoms with Gasteiger partial charge in [-0.25, -0.2) is 4.98 Å². The first-order valence-corrected chi connectivity index (χ1v) is 7.64. The topological polar surface area (TPSA) is 56.1 Å². The van der Waals surface area contributed by atoms with Gasteiger partial charge in [0.1, 0.15) is 11.6 Å². The number of hydrogen-bond acceptors (Lipinski definition) is 3. The highest BCUT2D eigenvalue weighted by molar-refractivity contribution is 5.94. The highest BCUT2D eigenvalue weighted by Gasteiger charge is 2.26. The minimum atomic E-state index is -0.0658. The number of hydrogen-bond donors (Lipinski definition) is 1. The maximum absolute atomic E-state index is 12.1. The average molecular weight is 299 g/mol. The van der Waals surface area contributed by atoms with Gasteiger partial charge in [0.25, 0.3) is 5.91 Å². The molecule has 0 spiro atoms. The molecule has 0 radical (unpaired) electrons. The number of ether oxygens (including phenoxy) is 1. The lowest BCUT2D eigenvalue weighted by Gasteiger charge is -2.09. The van der Waals surface area contributed by atoms with E-state index < -0.39 is 0 Å². The summed E-state index contributed by atoms with van der Waals surface area (Å²) >= 11 is 0. The van der Waals surface area contributed by atoms with E-state index >= 15 is 0 Å². The molecule has 116 valence electrons. The molecular weight excluding hydrogens is 278 g/mol. The standard InChI is InChI=1S/C17H21N3O2/c1-12-11-19-16(20(12)14-5-6-14)9-10-18-17(21)13-3-7-15(22-2)8-4-13/h3-4,7-8,11,14H,5-6,9-10H2,1-2H3,(H,18,21). The average Bonchev–Trinajstić information content (AvgIpc) is 3.31. The first-order valence-electron chi connectivity index (χ1n) is 7.64. The summed E-state index contributed by atoms with van der Waals surface area (Å²) < 4.78 is 7.39. The van der Waals surface area contributed by atoms with Gasteiger partial charge in [0.15, 0.2) is 0 Å². The van der Waals surface area contributed by atoms with Crippen molar-refractivity contribution in [3.63, 3.8) is 0 Å². The second-order valence-electron chi connectivity index (χ2n) is 5.65. The zero-order valence-electron chi connectivity index (χ0n) is 13.0. The van der Waals surface area contributed by atoms with Crippen molar-refractivity contribution in [2.24, 2.45) is 0 Å². The van der Waals surface area contributed by atoms with E-state index in [0.717, 1.165) is 18.0 Å². The second kappa shape index (κ2) is 6.22. The molecule has 5 nitrogen and oxygen atoms in total. The number of imidazole rings is 1. The van der Waals surface area contributed by atoms with Crippen LogP contribution in [0, 0.1) is 6.92 Å². The van der Waals surface area contributed by atoms with Crippen LogP contribution in [0.5, 0.6) is 5.75 Å². The van der Waals surface area contributed by atoms with Crippen LogP contribution in [0.4, 0.5) is 0 Å². The largest absolute Gasteiger partial charge is 0.497 e. The molecule has 0 aliphatic heterocycles. The van der Waals surface area contributed by atoms with Gasteiger partial charge in [-0.05, 0) is 44.0 Å². The third kappa shape index (κ3) is 3.13. The first kappa shape index (κ1) is 14.6. The smallest absolute Gasteiger partial charge is 0.251 e. The Balaban J connectivity index is 1.55. The summed E-state index contributed by atoms with van der Waals surface area (Å²) in [4.78, 5) is 16.6. The molecule has 1 aliphatic rings. The normalized spacial score (nSPS) is 13.9. The Morgan fingerprint density at radius 3 is 2.73 bits per heavy atom. The van der Waals surface area contributed by atoms with Gasteiger partial charge >= 0.3 is 0 Å². The summed E-state index contributed by atoms with van der Waals surface area (Å²) in [6.07, 6.45) is 5.15. The fourth-order valence-electron chi connectivity index (χ4n) is 2.64. The summed E-state index contributed by atoms with van der Waals surface area (Å²) in [5.41, 5.74) is 1.85. The van der Waals surface area contributed by atoms with Crippen LogP contribution in [0.15, 0.2) is 30.5 Å². The zero-order valence-corrected chi connectivity index (χ0v) is 13.0. The number of rotatable bonds is 6. The number of amides is 1. The Hall–Kier alpha value is -2.30. The lowest BCUT2D eigenvalue weighted by atomic mass is 10.2. The van der Waals surface area contributed by atoms with Crippen molar-refractivity contribution in [1.82, 2.24) is 14.9 Å². The molecule has 1 aromatic carbocycles. The van der Waals surface area contributed by atoms with E-state index in [4.69, 9.17) is 4.74 Å². The zero-order chi connectivity index (χ0) is 15.5. The van der Waals surface area contributed by atoms with Crippen LogP contribution >= 0.6 is 0 Å². The third-order valence-electron chi connectivity index (χ3n) is 3.96. The fraction of sp³-hybridized carbons (Fsp3) is 0.412. The lowest BCUT2D eigenvalue weighted by molar-refractivity contribution is 0.0954. The van der Waals surface area contributed by atoms with Crippen molar-refractivity contribution < 1.29 is 9.53 Å². The first-order chi connectivity index (χ1) is 10.7. The van der Waals surface area contributed by atoms with Gasteiger partial charge in [0, 0.05) is 36.5 Å². The quantitative estimate of drug-likeness (QED) is 0.891. The number of benzene rings is 1. The Kier molecular flexibility index (Phi) is 4.13. The van der Waals surface area contributed by atoms with Crippen molar-refractivity contribution in [2.45, 2.75) is 32.2 Å². The fourth-order valence-corrected chi connectivity index (χ4v) is 2.64. The number of nitrogens with zero attached hydrogens (tertiary/aromatic N) is 2. The Bertz CT molecular complexity index is 657. The minimum absolute atomic E-state index is 0.0658. The molecule has 3 rings (SSSR count). The van der Waals surface area contributed by atoms with Crippen LogP contribution in [0.25, 0.3) is 0 Å². The number of aryl methyl sites for hydroxylation is 1. The van der Waals surface area contributed by atoms with E-state index in [1.165, 1.54) is 18.5 Å². The molecule has 0 bridgehead atoms. The predicted molar refractivity (Wildman–Crippen MR) is 84.3 cm³/mol. The SMILES string of the molecule is COc1ccc(C(=O)NCCc2ncc(C)n2C2CC2)cc1. The molecule has 1 N–H and O–H groups in total. The molecule has 1 aliphatic carbocycles. The molecule has 1 heterocycles. The number of nitrogens with one attached hydrogen (secondary N) is 1. The number of carbonyl (C=O) groups is 1. The summed E-state index contributed by atoms with van der Waals surface area (Å²) in [7, 11) is 1.61. The molecule has 0 saturated heterocycles. The molecule has 0 unspecified atom stereocenters. The van der Waals surface area contributed by atoms with Crippen molar-refractivity contribution >= 4 is 5.91 Å². The van der Waals surface area contributed by atoms with Crippen LogP contribution in [-0.2, 0) is 6.42 Å². The molecule has 22 heavy (non-hydrogen) atoms. The van der Waals surface area contributed by atoms with Gasteiger partial charge in [0.2, 0.25) is 0 Å². The molecule has 5 heteroatoms. The van der Waals surface area contributed by atoms with Gasteiger partial charge in [-0.1, -0.05) is 0 Å². The molecule has 0 atom stereocenters. The molecule has 1 amide bonds. The predicted octanol–water partition coefficient (Wildman–Crippen LogP) is 2.51. The molecule has 1 saturated carbocycles. The summed E-state index contributed by atoms with van der Waals surface area (Å²) in [6, 6.07) is 7.73. The third-order valence-corrected chi connectivity index (χ3v) is 3.96. The molecule has 1 aromatic heterocycles. The van der Waals surface area contributed by atoms with Crippen LogP contribution in [0.1, 0.15) is 40.8 Å². The van der Waals surface area contributed by atoms with Gasteiger partial charge < -0.3 is 14.6 Å². The minimum Gasteiger partial charge on any atom is -0.497 e. The van der Waals surface area contributed by atoms with E-state index in [1.54, 1.807) is 31.4 Å². The Morgan fingerprint density at radius 2 is 2.09 bits per heavy atom. The van der Waals surface area contributed by atoms with Gasteiger partial charge in [-0.15, -0.1) is 0 Å². The van der Waals surface area contributed by atoms with Crippen LogP contribution in [-0.4, -0.2) is 29.1 Å². The maximum Gasteiger partial charge on any atom is 0.251 e. The van der Waals surface area contributed by atoms with Gasteiger partial charge in [-0.3, -0.25) is 4.79 Å². The van der Waals surface area contributed by atoms with E-state index in [2.05, 4.69) is 21.8 Å². The van der Waals surface area contributed by atoms with Crippen LogP contribution < -0.4 is 10.1 Å². The molecule has 1 fully saturated rings. The highest BCUT2D eigenvalue weighted by Crippen LogP contribution is 2.36. The Labute approximate surface area is 130 Å². The molecule has 2 aromatic rings. The molecular formula is C17H21N3O2. The summed E-state index contributed by atoms with van der Waals surface area (Å²) in [5.74, 6) is 1.75. The van der Waals surface area contributed by atoms with Gasteiger partial charge in [-0.2, -0.15) is 0 Å². The second-order valence-corrected chi connectivity index (χ2v) is 5.65.